The second-order valence-corrected chi connectivity index (χ2v) is 6.53. The van der Waals surface area contributed by atoms with E-state index in [-0.39, 0.29) is 28.3 Å². The average Bonchev–Trinajstić information content (AvgIpc) is 3.23. The molecule has 0 aliphatic carbocycles. The fourth-order valence-corrected chi connectivity index (χ4v) is 3.38. The lowest BCUT2D eigenvalue weighted by atomic mass is 9.94. The molecule has 0 aromatic heterocycles. The van der Waals surface area contributed by atoms with Gasteiger partial charge in [-0.3, -0.25) is 29.8 Å². The molecule has 0 bridgehead atoms. The van der Waals surface area contributed by atoms with E-state index < -0.39 is 33.7 Å². The van der Waals surface area contributed by atoms with Gasteiger partial charge in [-0.2, -0.15) is 0 Å². The number of rotatable bonds is 4. The fraction of sp³-hybridized carbons (Fsp3) is 0.167. The van der Waals surface area contributed by atoms with E-state index in [0.717, 1.165) is 11.0 Å². The molecule has 11 heteroatoms. The SMILES string of the molecule is Cc1ccc([N+](=O)[O-])cc1N1C(=O)[C@@H]2C(c3cccc([N+](=O)[O-])c3)=NO[C@H]2C1=O. The van der Waals surface area contributed by atoms with Gasteiger partial charge in [0.2, 0.25) is 12.0 Å². The predicted octanol–water partition coefficient (Wildman–Crippen LogP) is 2.10. The number of carbonyl (C=O) groups excluding carboxylic acids is 2. The lowest BCUT2D eigenvalue weighted by Crippen LogP contribution is -2.33. The van der Waals surface area contributed by atoms with Crippen molar-refractivity contribution in [3.05, 3.63) is 73.8 Å². The van der Waals surface area contributed by atoms with Crippen molar-refractivity contribution in [1.82, 2.24) is 0 Å². The summed E-state index contributed by atoms with van der Waals surface area (Å²) in [5.41, 5.74) is 0.498. The third kappa shape index (κ3) is 2.79. The Kier molecular flexibility index (Phi) is 4.07. The minimum Gasteiger partial charge on any atom is -0.381 e. The van der Waals surface area contributed by atoms with Crippen LogP contribution in [-0.2, 0) is 14.4 Å². The number of aryl methyl sites for hydroxylation is 1. The topological polar surface area (TPSA) is 145 Å². The van der Waals surface area contributed by atoms with Crippen molar-refractivity contribution in [2.45, 2.75) is 13.0 Å². The zero-order valence-electron chi connectivity index (χ0n) is 14.8. The van der Waals surface area contributed by atoms with Gasteiger partial charge in [0, 0.05) is 29.8 Å². The minimum absolute atomic E-state index is 0.0885. The second-order valence-electron chi connectivity index (χ2n) is 6.53. The van der Waals surface area contributed by atoms with Crippen LogP contribution in [0.2, 0.25) is 0 Å². The summed E-state index contributed by atoms with van der Waals surface area (Å²) >= 11 is 0. The average molecular weight is 396 g/mol. The summed E-state index contributed by atoms with van der Waals surface area (Å²) in [6, 6.07) is 9.36. The van der Waals surface area contributed by atoms with Crippen molar-refractivity contribution in [3.8, 4) is 0 Å². The van der Waals surface area contributed by atoms with E-state index in [9.17, 15) is 29.8 Å². The highest BCUT2D eigenvalue weighted by molar-refractivity contribution is 6.32. The van der Waals surface area contributed by atoms with Crippen molar-refractivity contribution >= 4 is 34.6 Å². The number of non-ortho nitro benzene ring substituents is 2. The largest absolute Gasteiger partial charge is 0.381 e. The van der Waals surface area contributed by atoms with E-state index in [1.165, 1.54) is 36.4 Å². The number of imide groups is 1. The summed E-state index contributed by atoms with van der Waals surface area (Å²) in [5, 5.41) is 25.9. The maximum absolute atomic E-state index is 13.1. The summed E-state index contributed by atoms with van der Waals surface area (Å²) in [6.45, 7) is 1.62. The number of benzene rings is 2. The van der Waals surface area contributed by atoms with Gasteiger partial charge >= 0.3 is 0 Å². The molecule has 1 saturated heterocycles. The highest BCUT2D eigenvalue weighted by atomic mass is 16.7. The van der Waals surface area contributed by atoms with Crippen molar-refractivity contribution in [1.29, 1.82) is 0 Å². The molecule has 2 amide bonds. The Morgan fingerprint density at radius 2 is 1.69 bits per heavy atom. The smallest absolute Gasteiger partial charge is 0.278 e. The van der Waals surface area contributed by atoms with Crippen LogP contribution in [0.4, 0.5) is 17.1 Å². The molecule has 2 aromatic rings. The van der Waals surface area contributed by atoms with Gasteiger partial charge in [-0.05, 0) is 12.5 Å². The van der Waals surface area contributed by atoms with E-state index in [2.05, 4.69) is 5.16 Å². The first-order valence-electron chi connectivity index (χ1n) is 8.41. The lowest BCUT2D eigenvalue weighted by Gasteiger charge is -2.17. The number of carbonyl (C=O) groups is 2. The van der Waals surface area contributed by atoms with Gasteiger partial charge in [-0.15, -0.1) is 0 Å². The van der Waals surface area contributed by atoms with Crippen LogP contribution in [0.1, 0.15) is 11.1 Å². The van der Waals surface area contributed by atoms with Gasteiger partial charge in [0.15, 0.2) is 0 Å². The molecular formula is C18H12N4O7. The van der Waals surface area contributed by atoms with Crippen molar-refractivity contribution in [2.24, 2.45) is 11.1 Å². The quantitative estimate of drug-likeness (QED) is 0.437. The normalized spacial score (nSPS) is 20.3. The van der Waals surface area contributed by atoms with E-state index in [1.54, 1.807) is 6.92 Å². The summed E-state index contributed by atoms with van der Waals surface area (Å²) in [5.74, 6) is -2.46. The molecule has 2 aliphatic heterocycles. The van der Waals surface area contributed by atoms with Crippen molar-refractivity contribution in [2.75, 3.05) is 4.90 Å². The maximum Gasteiger partial charge on any atom is 0.278 e. The Bertz CT molecular complexity index is 1130. The van der Waals surface area contributed by atoms with Crippen LogP contribution < -0.4 is 4.90 Å². The molecule has 4 rings (SSSR count). The van der Waals surface area contributed by atoms with Gasteiger partial charge in [-0.1, -0.05) is 23.4 Å². The fourth-order valence-electron chi connectivity index (χ4n) is 3.38. The van der Waals surface area contributed by atoms with Crippen molar-refractivity contribution < 1.29 is 24.3 Å². The zero-order chi connectivity index (χ0) is 20.9. The van der Waals surface area contributed by atoms with E-state index in [4.69, 9.17) is 4.84 Å². The van der Waals surface area contributed by atoms with Gasteiger partial charge in [0.25, 0.3) is 17.3 Å². The highest BCUT2D eigenvalue weighted by Gasteiger charge is 2.56. The Morgan fingerprint density at radius 3 is 2.38 bits per heavy atom. The van der Waals surface area contributed by atoms with Crippen LogP contribution >= 0.6 is 0 Å². The van der Waals surface area contributed by atoms with Crippen LogP contribution in [0.3, 0.4) is 0 Å². The molecule has 0 saturated carbocycles. The van der Waals surface area contributed by atoms with Crippen LogP contribution in [0.25, 0.3) is 0 Å². The number of hydrogen-bond acceptors (Lipinski definition) is 8. The van der Waals surface area contributed by atoms with Gasteiger partial charge < -0.3 is 4.84 Å². The first kappa shape index (κ1) is 18.2. The molecule has 0 spiro atoms. The predicted molar refractivity (Wildman–Crippen MR) is 98.3 cm³/mol. The van der Waals surface area contributed by atoms with Crippen molar-refractivity contribution in [3.63, 3.8) is 0 Å². The Labute approximate surface area is 162 Å². The number of fused-ring (bicyclic) bond motifs is 1. The first-order chi connectivity index (χ1) is 13.8. The summed E-state index contributed by atoms with van der Waals surface area (Å²) < 4.78 is 0. The second kappa shape index (κ2) is 6.48. The monoisotopic (exact) mass is 396 g/mol. The van der Waals surface area contributed by atoms with E-state index >= 15 is 0 Å². The summed E-state index contributed by atoms with van der Waals surface area (Å²) in [7, 11) is 0. The number of nitrogens with zero attached hydrogens (tertiary/aromatic N) is 4. The molecule has 29 heavy (non-hydrogen) atoms. The number of nitro benzene ring substituents is 2. The molecule has 0 unspecified atom stereocenters. The molecular weight excluding hydrogens is 384 g/mol. The third-order valence-corrected chi connectivity index (χ3v) is 4.81. The van der Waals surface area contributed by atoms with E-state index in [1.807, 2.05) is 0 Å². The van der Waals surface area contributed by atoms with Crippen LogP contribution in [0.15, 0.2) is 47.6 Å². The Balaban J connectivity index is 1.73. The number of amides is 2. The lowest BCUT2D eigenvalue weighted by molar-refractivity contribution is -0.385. The number of oxime groups is 1. The summed E-state index contributed by atoms with van der Waals surface area (Å²) in [6.07, 6.45) is -1.23. The highest BCUT2D eigenvalue weighted by Crippen LogP contribution is 2.37. The molecule has 2 heterocycles. The van der Waals surface area contributed by atoms with E-state index in [0.29, 0.717) is 5.56 Å². The molecule has 0 radical (unpaired) electrons. The molecule has 0 N–H and O–H groups in total. The third-order valence-electron chi connectivity index (χ3n) is 4.81. The van der Waals surface area contributed by atoms with Crippen LogP contribution in [0, 0.1) is 33.1 Å². The van der Waals surface area contributed by atoms with Crippen LogP contribution in [0.5, 0.6) is 0 Å². The Hall–Kier alpha value is -4.15. The first-order valence-corrected chi connectivity index (χ1v) is 8.41. The number of hydrogen-bond donors (Lipinski definition) is 0. The van der Waals surface area contributed by atoms with Crippen LogP contribution in [-0.4, -0.2) is 33.5 Å². The van der Waals surface area contributed by atoms with Gasteiger partial charge in [0.05, 0.1) is 15.5 Å². The Morgan fingerprint density at radius 1 is 1.00 bits per heavy atom. The molecule has 1 fully saturated rings. The van der Waals surface area contributed by atoms with Gasteiger partial charge in [0.1, 0.15) is 11.6 Å². The molecule has 2 aliphatic rings. The molecule has 146 valence electrons. The standard InChI is InChI=1S/C18H12N4O7/c1-9-5-6-12(22(27)28)8-13(9)20-17(23)14-15(19-29-16(14)18(20)24)10-3-2-4-11(7-10)21(25)26/h2-8,14,16H,1H3/t14-,16-/m1/s1. The van der Waals surface area contributed by atoms with Gasteiger partial charge in [-0.25, -0.2) is 4.90 Å². The minimum atomic E-state index is -1.23. The maximum atomic E-state index is 13.1. The zero-order valence-corrected chi connectivity index (χ0v) is 14.8. The number of nitro groups is 2. The molecule has 2 atom stereocenters. The molecule has 11 nitrogen and oxygen atoms in total. The summed E-state index contributed by atoms with van der Waals surface area (Å²) in [4.78, 5) is 52.8. The molecule has 2 aromatic carbocycles. The number of anilines is 1.